The zero-order chi connectivity index (χ0) is 35.7. The smallest absolute Gasteiger partial charge is 0.507 e. The van der Waals surface area contributed by atoms with Gasteiger partial charge in [-0.2, -0.15) is 0 Å². The Labute approximate surface area is 324 Å². The second-order valence-corrected chi connectivity index (χ2v) is 14.9. The van der Waals surface area contributed by atoms with Gasteiger partial charge >= 0.3 is 21.1 Å². The van der Waals surface area contributed by atoms with Crippen LogP contribution < -0.4 is 4.74 Å². The molecular weight excluding hydrogens is 836 g/mol. The summed E-state index contributed by atoms with van der Waals surface area (Å²) in [6.07, 6.45) is 3.65. The minimum Gasteiger partial charge on any atom is -0.507 e. The van der Waals surface area contributed by atoms with Gasteiger partial charge in [0.25, 0.3) is 0 Å². The van der Waals surface area contributed by atoms with Crippen LogP contribution in [0.5, 0.6) is 11.5 Å². The summed E-state index contributed by atoms with van der Waals surface area (Å²) in [5.74, 6) is 1.87. The molecule has 0 aliphatic carbocycles. The maximum Gasteiger partial charge on any atom is 2.00 e. The molecule has 0 N–H and O–H groups in total. The molecule has 4 aromatic carbocycles. The van der Waals surface area contributed by atoms with Gasteiger partial charge in [0.05, 0.1) is 0 Å². The first-order chi connectivity index (χ1) is 24.5. The first-order valence-electron chi connectivity index (χ1n) is 16.9. The predicted octanol–water partition coefficient (Wildman–Crippen LogP) is 11.0. The van der Waals surface area contributed by atoms with E-state index in [1.807, 2.05) is 85.2 Å². The van der Waals surface area contributed by atoms with Gasteiger partial charge < -0.3 is 13.9 Å². The summed E-state index contributed by atoms with van der Waals surface area (Å²) < 4.78 is 10.7. The van der Waals surface area contributed by atoms with Crippen LogP contribution in [-0.4, -0.2) is 19.1 Å². The molecule has 0 atom stereocenters. The summed E-state index contributed by atoms with van der Waals surface area (Å²) in [7, 11) is 0. The molecule has 0 spiro atoms. The number of para-hydroxylation sites is 2. The van der Waals surface area contributed by atoms with E-state index >= 15 is 0 Å². The topological polar surface area (TPSA) is 92.4 Å². The summed E-state index contributed by atoms with van der Waals surface area (Å²) in [6, 6.07) is 39.5. The summed E-state index contributed by atoms with van der Waals surface area (Å²) in [5, 5.41) is 24.4. The SMILES string of the molecule is C.CC(C)(C)c1ccnc(-n2c3[c-]c(Oc4[c-]c5c(cc4C#N)c4ccccc4n5-c4cc(C(C)(C)C)ccn4)c(C#N)cc3c3ccccc32)c1.[Pt+2]. The van der Waals surface area contributed by atoms with Crippen molar-refractivity contribution in [2.24, 2.45) is 0 Å². The average Bonchev–Trinajstić information content (AvgIpc) is 3.62. The Balaban J connectivity index is 0.00000240. The van der Waals surface area contributed by atoms with Gasteiger partial charge in [0.1, 0.15) is 11.6 Å². The third-order valence-corrected chi connectivity index (χ3v) is 9.48. The molecule has 0 bridgehead atoms. The van der Waals surface area contributed by atoms with Crippen LogP contribution in [0, 0.1) is 34.8 Å². The fourth-order valence-electron chi connectivity index (χ4n) is 6.76. The third kappa shape index (κ3) is 6.26. The van der Waals surface area contributed by atoms with Crippen molar-refractivity contribution in [2.45, 2.75) is 59.8 Å². The molecule has 53 heavy (non-hydrogen) atoms. The van der Waals surface area contributed by atoms with Crippen LogP contribution in [0.15, 0.2) is 97.3 Å². The molecule has 8 aromatic rings. The van der Waals surface area contributed by atoms with Crippen molar-refractivity contribution in [1.82, 2.24) is 19.1 Å². The Morgan fingerprint density at radius 2 is 0.981 bits per heavy atom. The van der Waals surface area contributed by atoms with E-state index in [0.29, 0.717) is 22.2 Å². The second-order valence-electron chi connectivity index (χ2n) is 14.9. The second kappa shape index (κ2) is 13.7. The largest absolute Gasteiger partial charge is 2.00 e. The minimum atomic E-state index is -0.0867. The normalized spacial score (nSPS) is 11.6. The molecule has 0 aliphatic heterocycles. The molecule has 4 heterocycles. The Morgan fingerprint density at radius 3 is 1.36 bits per heavy atom. The first-order valence-corrected chi connectivity index (χ1v) is 16.9. The van der Waals surface area contributed by atoms with E-state index in [-0.39, 0.29) is 50.8 Å². The molecule has 264 valence electrons. The Bertz CT molecular complexity index is 2590. The summed E-state index contributed by atoms with van der Waals surface area (Å²) in [5.41, 5.74) is 5.98. The Hall–Kier alpha value is -5.75. The molecule has 8 rings (SSSR count). The van der Waals surface area contributed by atoms with Crippen LogP contribution in [-0.2, 0) is 31.9 Å². The van der Waals surface area contributed by atoms with Crippen LogP contribution in [0.2, 0.25) is 0 Å². The van der Waals surface area contributed by atoms with E-state index in [4.69, 9.17) is 14.7 Å². The number of rotatable bonds is 4. The summed E-state index contributed by atoms with van der Waals surface area (Å²) >= 11 is 0. The van der Waals surface area contributed by atoms with Gasteiger partial charge in [-0.05, 0) is 80.3 Å². The van der Waals surface area contributed by atoms with Gasteiger partial charge in [-0.3, -0.25) is 0 Å². The third-order valence-electron chi connectivity index (χ3n) is 9.48. The van der Waals surface area contributed by atoms with E-state index in [2.05, 4.69) is 87.1 Å². The Kier molecular flexibility index (Phi) is 9.54. The Morgan fingerprint density at radius 1 is 0.585 bits per heavy atom. The summed E-state index contributed by atoms with van der Waals surface area (Å²) in [6.45, 7) is 13.0. The summed E-state index contributed by atoms with van der Waals surface area (Å²) in [4.78, 5) is 9.55. The van der Waals surface area contributed by atoms with Gasteiger partial charge in [0.15, 0.2) is 0 Å². The van der Waals surface area contributed by atoms with Crippen molar-refractivity contribution >= 4 is 43.6 Å². The molecule has 0 unspecified atom stereocenters. The number of hydrogen-bond acceptors (Lipinski definition) is 5. The number of benzene rings is 4. The van der Waals surface area contributed by atoms with Crippen LogP contribution in [0.3, 0.4) is 0 Å². The van der Waals surface area contributed by atoms with Crippen LogP contribution >= 0.6 is 0 Å². The molecule has 0 radical (unpaired) electrons. The number of pyridine rings is 2. The van der Waals surface area contributed by atoms with Gasteiger partial charge in [0.2, 0.25) is 0 Å². The van der Waals surface area contributed by atoms with E-state index in [0.717, 1.165) is 55.3 Å². The van der Waals surface area contributed by atoms with Gasteiger partial charge in [-0.1, -0.05) is 96.4 Å². The van der Waals surface area contributed by atoms with E-state index in [1.54, 1.807) is 0 Å². The average molecular weight is 874 g/mol. The molecule has 0 saturated heterocycles. The van der Waals surface area contributed by atoms with Crippen molar-refractivity contribution in [1.29, 1.82) is 10.5 Å². The molecule has 0 amide bonds. The predicted molar refractivity (Wildman–Crippen MR) is 208 cm³/mol. The standard InChI is InChI=1S/C44H34N6O.CH4.Pt/c1-43(2,3)29-15-17-47-41(21-29)49-35-13-9-7-11-31(35)33-19-27(25-45)39(23-37(33)49)51-40-24-38-34(20-28(40)26-46)32-12-8-10-14-36(32)50(38)42-22-30(16-18-48-42)44(4,5)6;;/h7-22H,1-6H3;1H4;/q-2;;+2. The molecule has 7 nitrogen and oxygen atoms in total. The van der Waals surface area contributed by atoms with Crippen LogP contribution in [0.4, 0.5) is 0 Å². The first kappa shape index (κ1) is 37.0. The number of hydrogen-bond donors (Lipinski definition) is 0. The van der Waals surface area contributed by atoms with Crippen LogP contribution in [0.25, 0.3) is 55.2 Å². The minimum absolute atomic E-state index is 0. The van der Waals surface area contributed by atoms with Crippen molar-refractivity contribution in [3.63, 3.8) is 0 Å². The quantitative estimate of drug-likeness (QED) is 0.164. The van der Waals surface area contributed by atoms with E-state index in [1.165, 1.54) is 0 Å². The van der Waals surface area contributed by atoms with E-state index < -0.39 is 0 Å². The van der Waals surface area contributed by atoms with Crippen molar-refractivity contribution in [2.75, 3.05) is 0 Å². The van der Waals surface area contributed by atoms with Crippen molar-refractivity contribution in [3.05, 3.63) is 132 Å². The number of ether oxygens (including phenoxy) is 1. The zero-order valence-corrected chi connectivity index (χ0v) is 31.9. The maximum absolute atomic E-state index is 10.4. The molecule has 0 saturated carbocycles. The maximum atomic E-state index is 10.4. The van der Waals surface area contributed by atoms with Gasteiger partial charge in [-0.25, -0.2) is 20.5 Å². The number of aromatic nitrogens is 4. The van der Waals surface area contributed by atoms with Crippen molar-refractivity contribution < 1.29 is 25.8 Å². The fraction of sp³-hybridized carbons (Fsp3) is 0.200. The molecular formula is C45H38N6OPt. The van der Waals surface area contributed by atoms with Gasteiger partial charge in [0, 0.05) is 47.1 Å². The molecule has 0 fully saturated rings. The van der Waals surface area contributed by atoms with Crippen LogP contribution in [0.1, 0.15) is 71.2 Å². The number of nitriles is 2. The fourth-order valence-corrected chi connectivity index (χ4v) is 6.76. The van der Waals surface area contributed by atoms with Crippen molar-refractivity contribution in [3.8, 4) is 35.3 Å². The molecule has 0 aliphatic rings. The number of fused-ring (bicyclic) bond motifs is 6. The van der Waals surface area contributed by atoms with E-state index in [9.17, 15) is 10.5 Å². The molecule has 8 heteroatoms. The molecule has 4 aromatic heterocycles. The monoisotopic (exact) mass is 873 g/mol. The van der Waals surface area contributed by atoms with Gasteiger partial charge in [-0.15, -0.1) is 35.0 Å². The number of nitrogens with zero attached hydrogens (tertiary/aromatic N) is 6. The zero-order valence-electron chi connectivity index (χ0n) is 29.6.